The third-order valence-corrected chi connectivity index (χ3v) is 5.65. The third-order valence-electron chi connectivity index (χ3n) is 5.65. The second-order valence-corrected chi connectivity index (χ2v) is 7.29. The number of rotatable bonds is 7. The summed E-state index contributed by atoms with van der Waals surface area (Å²) in [6.45, 7) is 4.78. The predicted molar refractivity (Wildman–Crippen MR) is 98.0 cm³/mol. The number of aryl methyl sites for hydroxylation is 1. The van der Waals surface area contributed by atoms with Gasteiger partial charge in [0, 0.05) is 39.1 Å². The summed E-state index contributed by atoms with van der Waals surface area (Å²) in [5.41, 5.74) is 1.26. The Morgan fingerprint density at radius 3 is 2.69 bits per heavy atom. The smallest absolute Gasteiger partial charge is 0.223 e. The molecule has 138 valence electrons. The van der Waals surface area contributed by atoms with Crippen LogP contribution in [0, 0.1) is 0 Å². The van der Waals surface area contributed by atoms with Crippen molar-refractivity contribution in [2.75, 3.05) is 26.8 Å². The van der Waals surface area contributed by atoms with Gasteiger partial charge in [-0.15, -0.1) is 0 Å². The first kappa shape index (κ1) is 17.2. The number of hydrogen-bond donors (Lipinski definition) is 0. The Morgan fingerprint density at radius 1 is 1.27 bits per heavy atom. The topological polar surface area (TPSA) is 60.2 Å². The molecule has 1 saturated heterocycles. The van der Waals surface area contributed by atoms with Gasteiger partial charge in [0.2, 0.25) is 5.91 Å². The standard InChI is InChI=1S/C20H26N4O2/c1-3-24-18(15-13-17(25)23(14-15)11-12-26-2)21-19(22-24)20(9-10-20)16-7-5-4-6-8-16/h4-8,15H,3,9-14H2,1-2H3. The number of hydrogen-bond acceptors (Lipinski definition) is 4. The van der Waals surface area contributed by atoms with Gasteiger partial charge in [0.25, 0.3) is 0 Å². The number of methoxy groups -OCH3 is 1. The molecule has 1 aromatic carbocycles. The highest BCUT2D eigenvalue weighted by Crippen LogP contribution is 2.52. The number of ether oxygens (including phenoxy) is 1. The molecule has 1 atom stereocenters. The summed E-state index contributed by atoms with van der Waals surface area (Å²) in [6, 6.07) is 10.5. The highest BCUT2D eigenvalue weighted by molar-refractivity contribution is 5.79. The average molecular weight is 354 g/mol. The van der Waals surface area contributed by atoms with Gasteiger partial charge >= 0.3 is 0 Å². The minimum atomic E-state index is -0.0330. The first-order valence-corrected chi connectivity index (χ1v) is 9.45. The summed E-state index contributed by atoms with van der Waals surface area (Å²) >= 11 is 0. The van der Waals surface area contributed by atoms with Crippen molar-refractivity contribution in [2.24, 2.45) is 0 Å². The number of amides is 1. The van der Waals surface area contributed by atoms with E-state index in [-0.39, 0.29) is 17.2 Å². The Bertz CT molecular complexity index is 782. The highest BCUT2D eigenvalue weighted by atomic mass is 16.5. The van der Waals surface area contributed by atoms with Crippen molar-refractivity contribution in [3.63, 3.8) is 0 Å². The molecule has 6 heteroatoms. The van der Waals surface area contributed by atoms with Crippen molar-refractivity contribution < 1.29 is 9.53 Å². The summed E-state index contributed by atoms with van der Waals surface area (Å²) in [4.78, 5) is 19.2. The molecule has 0 N–H and O–H groups in total. The summed E-state index contributed by atoms with van der Waals surface area (Å²) in [5.74, 6) is 2.18. The largest absolute Gasteiger partial charge is 0.383 e. The first-order valence-electron chi connectivity index (χ1n) is 9.45. The van der Waals surface area contributed by atoms with Crippen molar-refractivity contribution in [1.82, 2.24) is 19.7 Å². The lowest BCUT2D eigenvalue weighted by Crippen LogP contribution is -2.28. The Kier molecular flexibility index (Phi) is 4.53. The number of carbonyl (C=O) groups is 1. The van der Waals surface area contributed by atoms with Crippen LogP contribution in [0.2, 0.25) is 0 Å². The molecule has 1 amide bonds. The van der Waals surface area contributed by atoms with Crippen molar-refractivity contribution in [3.05, 3.63) is 47.5 Å². The molecule has 1 aliphatic heterocycles. The van der Waals surface area contributed by atoms with E-state index in [4.69, 9.17) is 14.8 Å². The minimum Gasteiger partial charge on any atom is -0.383 e. The van der Waals surface area contributed by atoms with E-state index in [1.807, 2.05) is 15.6 Å². The molecule has 0 bridgehead atoms. The molecule has 0 spiro atoms. The van der Waals surface area contributed by atoms with Crippen LogP contribution in [0.5, 0.6) is 0 Å². The number of benzene rings is 1. The maximum Gasteiger partial charge on any atom is 0.223 e. The lowest BCUT2D eigenvalue weighted by Gasteiger charge is -2.15. The van der Waals surface area contributed by atoms with Gasteiger partial charge in [0.1, 0.15) is 5.82 Å². The second-order valence-electron chi connectivity index (χ2n) is 7.29. The van der Waals surface area contributed by atoms with Gasteiger partial charge < -0.3 is 9.64 Å². The number of nitrogens with zero attached hydrogens (tertiary/aromatic N) is 4. The molecule has 2 aromatic rings. The molecule has 2 aliphatic rings. The Labute approximate surface area is 154 Å². The van der Waals surface area contributed by atoms with E-state index in [0.29, 0.717) is 26.1 Å². The molecular formula is C20H26N4O2. The fourth-order valence-electron chi connectivity index (χ4n) is 3.98. The summed E-state index contributed by atoms with van der Waals surface area (Å²) in [6.07, 6.45) is 2.70. The van der Waals surface area contributed by atoms with Crippen molar-refractivity contribution in [1.29, 1.82) is 0 Å². The van der Waals surface area contributed by atoms with Crippen LogP contribution in [0.3, 0.4) is 0 Å². The monoisotopic (exact) mass is 354 g/mol. The lowest BCUT2D eigenvalue weighted by molar-refractivity contribution is -0.128. The molecule has 2 fully saturated rings. The third kappa shape index (κ3) is 2.92. The molecule has 1 unspecified atom stereocenters. The lowest BCUT2D eigenvalue weighted by atomic mass is 9.95. The van der Waals surface area contributed by atoms with Gasteiger partial charge in [-0.1, -0.05) is 30.3 Å². The van der Waals surface area contributed by atoms with Crippen LogP contribution in [0.25, 0.3) is 0 Å². The Morgan fingerprint density at radius 2 is 2.04 bits per heavy atom. The Hall–Kier alpha value is -2.21. The summed E-state index contributed by atoms with van der Waals surface area (Å²) in [7, 11) is 1.66. The predicted octanol–water partition coefficient (Wildman–Crippen LogP) is 2.34. The minimum absolute atomic E-state index is 0.0330. The van der Waals surface area contributed by atoms with E-state index in [1.54, 1.807) is 7.11 Å². The van der Waals surface area contributed by atoms with Crippen LogP contribution in [0.1, 0.15) is 49.3 Å². The van der Waals surface area contributed by atoms with Crippen LogP contribution < -0.4 is 0 Å². The summed E-state index contributed by atoms with van der Waals surface area (Å²) < 4.78 is 7.11. The maximum atomic E-state index is 12.3. The van der Waals surface area contributed by atoms with E-state index in [1.165, 1.54) is 5.56 Å². The van der Waals surface area contributed by atoms with Gasteiger partial charge in [0.15, 0.2) is 5.82 Å². The highest BCUT2D eigenvalue weighted by Gasteiger charge is 2.50. The molecule has 4 rings (SSSR count). The number of carbonyl (C=O) groups excluding carboxylic acids is 1. The summed E-state index contributed by atoms with van der Waals surface area (Å²) in [5, 5.41) is 4.85. The van der Waals surface area contributed by atoms with Crippen molar-refractivity contribution in [2.45, 2.75) is 44.1 Å². The molecule has 2 heterocycles. The van der Waals surface area contributed by atoms with E-state index in [2.05, 4.69) is 31.2 Å². The van der Waals surface area contributed by atoms with Gasteiger partial charge in [-0.25, -0.2) is 9.67 Å². The van der Waals surface area contributed by atoms with Crippen molar-refractivity contribution in [3.8, 4) is 0 Å². The van der Waals surface area contributed by atoms with Crippen LogP contribution >= 0.6 is 0 Å². The maximum absolute atomic E-state index is 12.3. The normalized spacial score (nSPS) is 21.4. The van der Waals surface area contributed by atoms with Crippen LogP contribution in [-0.4, -0.2) is 52.4 Å². The van der Waals surface area contributed by atoms with E-state index in [0.717, 1.165) is 31.0 Å². The molecule has 1 saturated carbocycles. The second kappa shape index (κ2) is 6.83. The van der Waals surface area contributed by atoms with Gasteiger partial charge in [-0.2, -0.15) is 5.10 Å². The van der Waals surface area contributed by atoms with E-state index < -0.39 is 0 Å². The zero-order valence-electron chi connectivity index (χ0n) is 15.5. The zero-order valence-corrected chi connectivity index (χ0v) is 15.5. The van der Waals surface area contributed by atoms with Crippen LogP contribution in [0.15, 0.2) is 30.3 Å². The van der Waals surface area contributed by atoms with E-state index in [9.17, 15) is 4.79 Å². The molecule has 1 aromatic heterocycles. The molecule has 26 heavy (non-hydrogen) atoms. The molecule has 0 radical (unpaired) electrons. The SMILES string of the molecule is CCn1nc(C2(c3ccccc3)CC2)nc1C1CC(=O)N(CCOC)C1. The number of likely N-dealkylation sites (tertiary alicyclic amines) is 1. The van der Waals surface area contributed by atoms with Crippen LogP contribution in [-0.2, 0) is 21.5 Å². The van der Waals surface area contributed by atoms with E-state index >= 15 is 0 Å². The van der Waals surface area contributed by atoms with Gasteiger partial charge in [-0.3, -0.25) is 4.79 Å². The number of aromatic nitrogens is 3. The van der Waals surface area contributed by atoms with Gasteiger partial charge in [0.05, 0.1) is 12.0 Å². The molecular weight excluding hydrogens is 328 g/mol. The average Bonchev–Trinajstić information content (AvgIpc) is 3.23. The molecule has 6 nitrogen and oxygen atoms in total. The van der Waals surface area contributed by atoms with Crippen LogP contribution in [0.4, 0.5) is 0 Å². The fourth-order valence-corrected chi connectivity index (χ4v) is 3.98. The molecule has 1 aliphatic carbocycles. The first-order chi connectivity index (χ1) is 12.7. The van der Waals surface area contributed by atoms with Crippen molar-refractivity contribution >= 4 is 5.91 Å². The zero-order chi connectivity index (χ0) is 18.1. The van der Waals surface area contributed by atoms with Gasteiger partial charge in [-0.05, 0) is 25.3 Å². The quantitative estimate of drug-likeness (QED) is 0.766. The Balaban J connectivity index is 1.60. The fraction of sp³-hybridized carbons (Fsp3) is 0.550.